The molecule has 2 aromatic heterocycles. The Hall–Kier alpha value is -3.74. The van der Waals surface area contributed by atoms with E-state index in [1.807, 2.05) is 6.07 Å². The number of halogens is 3. The first-order valence-corrected chi connectivity index (χ1v) is 13.4. The number of alkyl halides is 3. The average Bonchev–Trinajstić information content (AvgIpc) is 3.57. The predicted octanol–water partition coefficient (Wildman–Crippen LogP) is 5.65. The van der Waals surface area contributed by atoms with Crippen LogP contribution in [0.1, 0.15) is 52.6 Å². The fourth-order valence-corrected chi connectivity index (χ4v) is 4.55. The number of carbonyl (C=O) groups excluding carboxylic acids is 1. The molecule has 0 aliphatic heterocycles. The van der Waals surface area contributed by atoms with Gasteiger partial charge >= 0.3 is 6.18 Å². The lowest BCUT2D eigenvalue weighted by molar-refractivity contribution is -0.142. The van der Waals surface area contributed by atoms with E-state index in [-0.39, 0.29) is 27.6 Å². The molecule has 2 heterocycles. The van der Waals surface area contributed by atoms with Crippen LogP contribution in [0.3, 0.4) is 0 Å². The zero-order valence-corrected chi connectivity index (χ0v) is 22.1. The van der Waals surface area contributed by atoms with Gasteiger partial charge in [0.2, 0.25) is 0 Å². The average molecular weight is 550 g/mol. The van der Waals surface area contributed by atoms with Crippen molar-refractivity contribution in [2.24, 2.45) is 0 Å². The zero-order valence-electron chi connectivity index (χ0n) is 21.3. The van der Waals surface area contributed by atoms with Gasteiger partial charge in [0.1, 0.15) is 5.56 Å². The molecule has 9 nitrogen and oxygen atoms in total. The molecule has 1 unspecified atom stereocenters. The quantitative estimate of drug-likeness (QED) is 0.390. The van der Waals surface area contributed by atoms with Crippen LogP contribution in [0.25, 0.3) is 0 Å². The van der Waals surface area contributed by atoms with Crippen molar-refractivity contribution in [2.75, 3.05) is 18.7 Å². The number of methoxy groups -OCH3 is 1. The number of pyridine rings is 1. The molecular weight excluding hydrogens is 523 g/mol. The number of hydrogen-bond donors (Lipinski definition) is 2. The maximum Gasteiger partial charge on any atom is 0.435 e. The van der Waals surface area contributed by atoms with E-state index >= 15 is 0 Å². The number of ether oxygens (including phenoxy) is 2. The van der Waals surface area contributed by atoms with Crippen LogP contribution in [0.4, 0.5) is 18.9 Å². The molecule has 1 aliphatic rings. The van der Waals surface area contributed by atoms with Crippen molar-refractivity contribution in [1.82, 2.24) is 15.2 Å². The summed E-state index contributed by atoms with van der Waals surface area (Å²) in [4.78, 5) is 18.0. The number of carbonyl (C=O) groups is 1. The van der Waals surface area contributed by atoms with Gasteiger partial charge in [0.15, 0.2) is 11.4 Å². The van der Waals surface area contributed by atoms with Crippen molar-refractivity contribution in [3.63, 3.8) is 0 Å². The number of amides is 1. The largest absolute Gasteiger partial charge is 0.478 e. The number of benzene rings is 1. The van der Waals surface area contributed by atoms with Crippen molar-refractivity contribution in [3.05, 3.63) is 58.4 Å². The van der Waals surface area contributed by atoms with Crippen LogP contribution < -0.4 is 14.8 Å². The van der Waals surface area contributed by atoms with Gasteiger partial charge in [-0.1, -0.05) is 13.0 Å². The Morgan fingerprint density at radius 1 is 1.16 bits per heavy atom. The lowest BCUT2D eigenvalue weighted by atomic mass is 10.0. The number of aryl methyl sites for hydroxylation is 1. The minimum absolute atomic E-state index is 0.0815. The highest BCUT2D eigenvalue weighted by molar-refractivity contribution is 7.91. The molecule has 202 valence electrons. The summed E-state index contributed by atoms with van der Waals surface area (Å²) >= 11 is 0. The molecule has 13 heteroatoms. The van der Waals surface area contributed by atoms with Crippen LogP contribution in [0, 0.1) is 18.6 Å². The number of nitrogens with zero attached hydrogens (tertiary/aromatic N) is 3. The summed E-state index contributed by atoms with van der Waals surface area (Å²) in [6.07, 6.45) is -1.73. The molecule has 0 radical (unpaired) electrons. The van der Waals surface area contributed by atoms with E-state index in [1.165, 1.54) is 37.6 Å². The molecule has 1 aromatic carbocycles. The van der Waals surface area contributed by atoms with Crippen molar-refractivity contribution >= 4 is 21.3 Å². The van der Waals surface area contributed by atoms with Crippen LogP contribution >= 0.6 is 0 Å². The van der Waals surface area contributed by atoms with Gasteiger partial charge < -0.3 is 14.8 Å². The number of aromatic nitrogens is 3. The topological polar surface area (TPSA) is 127 Å². The maximum absolute atomic E-state index is 13.6. The third-order valence-electron chi connectivity index (χ3n) is 6.36. The van der Waals surface area contributed by atoms with Gasteiger partial charge in [-0.25, -0.2) is 14.0 Å². The molecule has 1 amide bonds. The SMILES string of the molecule is COc1nc(C2(C)CC2)cc(C)c1Oc1nnc(C(F)(F)F)c(C)c1C(=O)Nc1cccc(S(C)(=N)=O)c1. The lowest BCUT2D eigenvalue weighted by Crippen LogP contribution is -2.21. The van der Waals surface area contributed by atoms with Crippen LogP contribution in [-0.2, 0) is 21.3 Å². The predicted molar refractivity (Wildman–Crippen MR) is 133 cm³/mol. The third-order valence-corrected chi connectivity index (χ3v) is 7.51. The zero-order chi connectivity index (χ0) is 28.0. The minimum atomic E-state index is -4.87. The first-order valence-electron chi connectivity index (χ1n) is 11.5. The molecule has 38 heavy (non-hydrogen) atoms. The second-order valence-corrected chi connectivity index (χ2v) is 11.7. The maximum atomic E-state index is 13.6. The molecule has 0 spiro atoms. The van der Waals surface area contributed by atoms with Crippen molar-refractivity contribution in [1.29, 1.82) is 4.78 Å². The van der Waals surface area contributed by atoms with Crippen LogP contribution in [-0.4, -0.2) is 38.7 Å². The Morgan fingerprint density at radius 3 is 2.42 bits per heavy atom. The second-order valence-electron chi connectivity index (χ2n) is 9.50. The van der Waals surface area contributed by atoms with Gasteiger partial charge in [-0.05, 0) is 62.1 Å². The summed E-state index contributed by atoms with van der Waals surface area (Å²) < 4.78 is 72.1. The molecule has 1 atom stereocenters. The first-order chi connectivity index (χ1) is 17.6. The van der Waals surface area contributed by atoms with Crippen molar-refractivity contribution in [3.8, 4) is 17.5 Å². The summed E-state index contributed by atoms with van der Waals surface area (Å²) in [6, 6.07) is 7.51. The highest BCUT2D eigenvalue weighted by atomic mass is 32.2. The Balaban J connectivity index is 1.79. The normalized spacial score (nSPS) is 15.9. The molecule has 1 saturated carbocycles. The van der Waals surface area contributed by atoms with Gasteiger partial charge in [-0.3, -0.25) is 4.79 Å². The summed E-state index contributed by atoms with van der Waals surface area (Å²) in [5.74, 6) is -1.25. The Bertz CT molecular complexity index is 1540. The minimum Gasteiger partial charge on any atom is -0.478 e. The van der Waals surface area contributed by atoms with Gasteiger partial charge in [0.05, 0.1) is 22.5 Å². The molecule has 4 rings (SSSR count). The molecule has 1 fully saturated rings. The van der Waals surface area contributed by atoms with E-state index < -0.39 is 44.5 Å². The highest BCUT2D eigenvalue weighted by Gasteiger charge is 2.42. The second kappa shape index (κ2) is 9.53. The monoisotopic (exact) mass is 549 g/mol. The molecule has 2 N–H and O–H groups in total. The van der Waals surface area contributed by atoms with Crippen molar-refractivity contribution < 1.29 is 31.6 Å². The van der Waals surface area contributed by atoms with Crippen LogP contribution in [0.15, 0.2) is 35.2 Å². The van der Waals surface area contributed by atoms with E-state index in [9.17, 15) is 22.2 Å². The summed E-state index contributed by atoms with van der Waals surface area (Å²) in [7, 11) is -1.71. The molecule has 1 aliphatic carbocycles. The fourth-order valence-electron chi connectivity index (χ4n) is 3.86. The van der Waals surface area contributed by atoms with E-state index in [0.29, 0.717) is 5.56 Å². The number of hydrogen-bond acceptors (Lipinski definition) is 8. The fraction of sp³-hybridized carbons (Fsp3) is 0.360. The summed E-state index contributed by atoms with van der Waals surface area (Å²) in [5, 5.41) is 9.39. The lowest BCUT2D eigenvalue weighted by Gasteiger charge is -2.19. The smallest absolute Gasteiger partial charge is 0.435 e. The van der Waals surface area contributed by atoms with Crippen LogP contribution in [0.2, 0.25) is 0 Å². The van der Waals surface area contributed by atoms with Crippen molar-refractivity contribution in [2.45, 2.75) is 50.1 Å². The Morgan fingerprint density at radius 2 is 1.84 bits per heavy atom. The van der Waals surface area contributed by atoms with Gasteiger partial charge in [-0.2, -0.15) is 13.2 Å². The Labute approximate surface area is 217 Å². The van der Waals surface area contributed by atoms with Gasteiger partial charge in [0.25, 0.3) is 17.7 Å². The van der Waals surface area contributed by atoms with E-state index in [1.54, 1.807) is 6.92 Å². The highest BCUT2D eigenvalue weighted by Crippen LogP contribution is 2.49. The van der Waals surface area contributed by atoms with E-state index in [2.05, 4.69) is 27.4 Å². The Kier molecular flexibility index (Phi) is 6.85. The number of anilines is 1. The molecular formula is C25H26F3N5O4S. The third kappa shape index (κ3) is 5.42. The van der Waals surface area contributed by atoms with E-state index in [4.69, 9.17) is 14.3 Å². The van der Waals surface area contributed by atoms with E-state index in [0.717, 1.165) is 25.5 Å². The van der Waals surface area contributed by atoms with Gasteiger partial charge in [-0.15, -0.1) is 10.2 Å². The van der Waals surface area contributed by atoms with Gasteiger partial charge in [0, 0.05) is 22.3 Å². The molecule has 3 aromatic rings. The first kappa shape index (κ1) is 27.3. The number of rotatable bonds is 7. The summed E-state index contributed by atoms with van der Waals surface area (Å²) in [5.41, 5.74) is -0.905. The standard InChI is InChI=1S/C25H26F3N5O4S/c1-13-11-17(24(3)9-10-24)31-23(36-4)19(13)37-22-18(14(2)20(32-33-22)25(26,27)28)21(34)30-15-7-6-8-16(12-15)38(5,29)35/h6-8,11-12,29H,9-10H2,1-5H3,(H,30,34). The van der Waals surface area contributed by atoms with Crippen LogP contribution in [0.5, 0.6) is 17.5 Å². The molecule has 0 bridgehead atoms. The number of nitrogens with one attached hydrogen (secondary N) is 2. The molecule has 0 saturated heterocycles. The summed E-state index contributed by atoms with van der Waals surface area (Å²) in [6.45, 7) is 4.89.